The minimum atomic E-state index is 0.0313. The molecule has 1 aromatic rings. The van der Waals surface area contributed by atoms with Gasteiger partial charge in [0.2, 0.25) is 5.91 Å². The molecule has 0 saturated carbocycles. The van der Waals surface area contributed by atoms with Crippen molar-refractivity contribution in [3.8, 4) is 0 Å². The van der Waals surface area contributed by atoms with Gasteiger partial charge in [-0.2, -0.15) is 0 Å². The first kappa shape index (κ1) is 14.2. The van der Waals surface area contributed by atoms with E-state index in [1.807, 2.05) is 31.2 Å². The van der Waals surface area contributed by atoms with E-state index in [0.29, 0.717) is 6.42 Å². The van der Waals surface area contributed by atoms with Gasteiger partial charge in [-0.3, -0.25) is 4.79 Å². The minimum absolute atomic E-state index is 0.0313. The number of benzene rings is 1. The summed E-state index contributed by atoms with van der Waals surface area (Å²) in [6.07, 6.45) is 0.549. The second-order valence-electron chi connectivity index (χ2n) is 5.58. The Balaban J connectivity index is 2.57. The smallest absolute Gasteiger partial charge is 0.220 e. The normalized spacial score (nSPS) is 13.2. The first-order valence-corrected chi connectivity index (χ1v) is 6.62. The van der Waals surface area contributed by atoms with Crippen LogP contribution in [0.25, 0.3) is 0 Å². The first-order chi connectivity index (χ1) is 7.78. The molecule has 1 amide bonds. The van der Waals surface area contributed by atoms with Gasteiger partial charge in [0, 0.05) is 10.9 Å². The quantitative estimate of drug-likeness (QED) is 0.895. The van der Waals surface area contributed by atoms with Gasteiger partial charge in [0.1, 0.15) is 0 Å². The van der Waals surface area contributed by atoms with Crippen LogP contribution in [0.1, 0.15) is 45.7 Å². The Hall–Kier alpha value is -0.830. The van der Waals surface area contributed by atoms with Crippen LogP contribution in [0, 0.1) is 5.41 Å². The Morgan fingerprint density at radius 3 is 2.29 bits per heavy atom. The summed E-state index contributed by atoms with van der Waals surface area (Å²) in [5.41, 5.74) is 1.15. The highest BCUT2D eigenvalue weighted by Crippen LogP contribution is 2.20. The van der Waals surface area contributed by atoms with Gasteiger partial charge >= 0.3 is 0 Å². The van der Waals surface area contributed by atoms with E-state index < -0.39 is 0 Å². The Bertz CT molecular complexity index is 378. The van der Waals surface area contributed by atoms with Gasteiger partial charge in [0.15, 0.2) is 0 Å². The molecule has 0 saturated heterocycles. The van der Waals surface area contributed by atoms with Crippen molar-refractivity contribution in [2.24, 2.45) is 5.41 Å². The van der Waals surface area contributed by atoms with E-state index in [1.165, 1.54) is 0 Å². The van der Waals surface area contributed by atoms with E-state index in [0.717, 1.165) is 10.0 Å². The van der Waals surface area contributed by atoms with Gasteiger partial charge in [-0.05, 0) is 30.0 Å². The third-order valence-electron chi connectivity index (χ3n) is 2.44. The second kappa shape index (κ2) is 5.67. The van der Waals surface area contributed by atoms with Crippen molar-refractivity contribution in [2.45, 2.75) is 40.2 Å². The van der Waals surface area contributed by atoms with Crippen LogP contribution >= 0.6 is 15.9 Å². The lowest BCUT2D eigenvalue weighted by Gasteiger charge is -2.20. The Kier molecular flexibility index (Phi) is 4.75. The van der Waals surface area contributed by atoms with Crippen molar-refractivity contribution >= 4 is 21.8 Å². The van der Waals surface area contributed by atoms with Crippen LogP contribution in [0.3, 0.4) is 0 Å². The Morgan fingerprint density at radius 2 is 1.82 bits per heavy atom. The maximum atomic E-state index is 11.8. The standard InChI is InChI=1S/C14H20BrNO/c1-10(11-5-7-12(15)8-6-11)16-13(17)9-14(2,3)4/h5-8,10H,9H2,1-4H3,(H,16,17). The third kappa shape index (κ3) is 5.35. The van der Waals surface area contributed by atoms with Crippen LogP contribution in [-0.2, 0) is 4.79 Å². The topological polar surface area (TPSA) is 29.1 Å². The molecule has 0 aliphatic carbocycles. The zero-order valence-electron chi connectivity index (χ0n) is 10.9. The zero-order valence-corrected chi connectivity index (χ0v) is 12.5. The number of carbonyl (C=O) groups is 1. The highest BCUT2D eigenvalue weighted by Gasteiger charge is 2.17. The maximum absolute atomic E-state index is 11.8. The van der Waals surface area contributed by atoms with Crippen molar-refractivity contribution < 1.29 is 4.79 Å². The van der Waals surface area contributed by atoms with Gasteiger partial charge in [-0.25, -0.2) is 0 Å². The van der Waals surface area contributed by atoms with Crippen molar-refractivity contribution in [3.63, 3.8) is 0 Å². The molecule has 0 aromatic heterocycles. The highest BCUT2D eigenvalue weighted by molar-refractivity contribution is 9.10. The zero-order chi connectivity index (χ0) is 13.1. The molecule has 1 atom stereocenters. The van der Waals surface area contributed by atoms with Crippen LogP contribution < -0.4 is 5.32 Å². The fraction of sp³-hybridized carbons (Fsp3) is 0.500. The number of nitrogens with one attached hydrogen (secondary N) is 1. The SMILES string of the molecule is CC(NC(=O)CC(C)(C)C)c1ccc(Br)cc1. The second-order valence-corrected chi connectivity index (χ2v) is 6.49. The van der Waals surface area contributed by atoms with E-state index in [4.69, 9.17) is 0 Å². The molecule has 3 heteroatoms. The summed E-state index contributed by atoms with van der Waals surface area (Å²) >= 11 is 3.40. The molecular formula is C14H20BrNO. The monoisotopic (exact) mass is 297 g/mol. The number of rotatable bonds is 3. The fourth-order valence-corrected chi connectivity index (χ4v) is 1.87. The van der Waals surface area contributed by atoms with E-state index in [9.17, 15) is 4.79 Å². The molecule has 1 N–H and O–H groups in total. The minimum Gasteiger partial charge on any atom is -0.350 e. The van der Waals surface area contributed by atoms with Crippen LogP contribution in [-0.4, -0.2) is 5.91 Å². The number of amides is 1. The van der Waals surface area contributed by atoms with Crippen molar-refractivity contribution in [3.05, 3.63) is 34.3 Å². The largest absolute Gasteiger partial charge is 0.350 e. The van der Waals surface area contributed by atoms with Gasteiger partial charge in [0.05, 0.1) is 6.04 Å². The van der Waals surface area contributed by atoms with Crippen LogP contribution in [0.15, 0.2) is 28.7 Å². The van der Waals surface area contributed by atoms with Crippen LogP contribution in [0.5, 0.6) is 0 Å². The molecule has 0 fully saturated rings. The average molecular weight is 298 g/mol. The van der Waals surface area contributed by atoms with Gasteiger partial charge in [-0.15, -0.1) is 0 Å². The molecule has 17 heavy (non-hydrogen) atoms. The molecule has 1 rings (SSSR count). The lowest BCUT2D eigenvalue weighted by Crippen LogP contribution is -2.29. The summed E-state index contributed by atoms with van der Waals surface area (Å²) in [5, 5.41) is 3.02. The predicted octanol–water partition coefficient (Wildman–Crippen LogP) is 4.06. The molecule has 2 nitrogen and oxygen atoms in total. The lowest BCUT2D eigenvalue weighted by atomic mass is 9.91. The third-order valence-corrected chi connectivity index (χ3v) is 2.97. The van der Waals surface area contributed by atoms with E-state index in [2.05, 4.69) is 42.0 Å². The molecule has 94 valence electrons. The number of carbonyl (C=O) groups excluding carboxylic acids is 1. The summed E-state index contributed by atoms with van der Waals surface area (Å²) in [7, 11) is 0. The van der Waals surface area contributed by atoms with Gasteiger partial charge in [-0.1, -0.05) is 48.8 Å². The maximum Gasteiger partial charge on any atom is 0.220 e. The lowest BCUT2D eigenvalue weighted by molar-refractivity contribution is -0.123. The summed E-state index contributed by atoms with van der Waals surface area (Å²) in [6, 6.07) is 8.07. The van der Waals surface area contributed by atoms with E-state index >= 15 is 0 Å². The van der Waals surface area contributed by atoms with E-state index in [1.54, 1.807) is 0 Å². The summed E-state index contributed by atoms with van der Waals surface area (Å²) < 4.78 is 1.05. The summed E-state index contributed by atoms with van der Waals surface area (Å²) in [6.45, 7) is 8.20. The molecule has 1 unspecified atom stereocenters. The fourth-order valence-electron chi connectivity index (χ4n) is 1.61. The summed E-state index contributed by atoms with van der Waals surface area (Å²) in [4.78, 5) is 11.8. The number of hydrogen-bond acceptors (Lipinski definition) is 1. The average Bonchev–Trinajstić information content (AvgIpc) is 2.15. The molecule has 0 bridgehead atoms. The van der Waals surface area contributed by atoms with Crippen LogP contribution in [0.4, 0.5) is 0 Å². The highest BCUT2D eigenvalue weighted by atomic mass is 79.9. The predicted molar refractivity (Wildman–Crippen MR) is 74.8 cm³/mol. The Morgan fingerprint density at radius 1 is 1.29 bits per heavy atom. The van der Waals surface area contributed by atoms with Gasteiger partial charge in [0.25, 0.3) is 0 Å². The number of halogens is 1. The molecule has 1 aromatic carbocycles. The molecule has 0 aliphatic rings. The van der Waals surface area contributed by atoms with Gasteiger partial charge < -0.3 is 5.32 Å². The molecule has 0 heterocycles. The number of hydrogen-bond donors (Lipinski definition) is 1. The Labute approximate surface area is 112 Å². The molecular weight excluding hydrogens is 278 g/mol. The summed E-state index contributed by atoms with van der Waals surface area (Å²) in [5.74, 6) is 0.105. The molecule has 0 radical (unpaired) electrons. The van der Waals surface area contributed by atoms with E-state index in [-0.39, 0.29) is 17.4 Å². The van der Waals surface area contributed by atoms with Crippen molar-refractivity contribution in [2.75, 3.05) is 0 Å². The van der Waals surface area contributed by atoms with Crippen molar-refractivity contribution in [1.29, 1.82) is 0 Å². The van der Waals surface area contributed by atoms with Crippen LogP contribution in [0.2, 0.25) is 0 Å². The van der Waals surface area contributed by atoms with Crippen molar-refractivity contribution in [1.82, 2.24) is 5.32 Å². The first-order valence-electron chi connectivity index (χ1n) is 5.83. The molecule has 0 aliphatic heterocycles. The molecule has 0 spiro atoms.